The van der Waals surface area contributed by atoms with Crippen molar-refractivity contribution < 1.29 is 13.9 Å². The number of para-hydroxylation sites is 1. The second-order valence-corrected chi connectivity index (χ2v) is 7.24. The summed E-state index contributed by atoms with van der Waals surface area (Å²) in [6.07, 6.45) is 0. The van der Waals surface area contributed by atoms with Crippen molar-refractivity contribution in [1.29, 1.82) is 0 Å². The Balaban J connectivity index is 1.45. The van der Waals surface area contributed by atoms with E-state index >= 15 is 0 Å². The van der Waals surface area contributed by atoms with Crippen molar-refractivity contribution in [3.8, 4) is 5.75 Å². The average Bonchev–Trinajstić information content (AvgIpc) is 2.69. The van der Waals surface area contributed by atoms with Crippen LogP contribution in [0.3, 0.4) is 0 Å². The van der Waals surface area contributed by atoms with Crippen molar-refractivity contribution in [2.24, 2.45) is 0 Å². The number of halogens is 2. The maximum absolute atomic E-state index is 13.9. The van der Waals surface area contributed by atoms with Gasteiger partial charge in [-0.05, 0) is 46.3 Å². The Labute approximate surface area is 167 Å². The number of piperazine rings is 1. The van der Waals surface area contributed by atoms with E-state index in [1.54, 1.807) is 31.4 Å². The summed E-state index contributed by atoms with van der Waals surface area (Å²) in [6.45, 7) is 4.55. The molecule has 1 heterocycles. The molecule has 1 aliphatic heterocycles. The summed E-state index contributed by atoms with van der Waals surface area (Å²) in [7, 11) is 1.58. The number of benzene rings is 2. The second kappa shape index (κ2) is 9.19. The smallest absolute Gasteiger partial charge is 0.252 e. The van der Waals surface area contributed by atoms with Crippen LogP contribution >= 0.6 is 15.9 Å². The minimum Gasteiger partial charge on any atom is -0.497 e. The zero-order valence-electron chi connectivity index (χ0n) is 15.3. The van der Waals surface area contributed by atoms with Gasteiger partial charge in [-0.2, -0.15) is 0 Å². The molecule has 0 aliphatic carbocycles. The van der Waals surface area contributed by atoms with E-state index < -0.39 is 0 Å². The molecule has 0 unspecified atom stereocenters. The van der Waals surface area contributed by atoms with Crippen LogP contribution in [0.4, 0.5) is 10.1 Å². The van der Waals surface area contributed by atoms with E-state index in [4.69, 9.17) is 4.74 Å². The van der Waals surface area contributed by atoms with E-state index in [2.05, 4.69) is 31.0 Å². The van der Waals surface area contributed by atoms with Crippen LogP contribution in [-0.2, 0) is 0 Å². The predicted molar refractivity (Wildman–Crippen MR) is 108 cm³/mol. The van der Waals surface area contributed by atoms with Gasteiger partial charge in [-0.3, -0.25) is 9.69 Å². The van der Waals surface area contributed by atoms with Crippen LogP contribution in [0.5, 0.6) is 5.75 Å². The zero-order valence-corrected chi connectivity index (χ0v) is 16.8. The summed E-state index contributed by atoms with van der Waals surface area (Å²) in [5, 5.41) is 2.95. The summed E-state index contributed by atoms with van der Waals surface area (Å²) in [5.74, 6) is 0.334. The first-order valence-electron chi connectivity index (χ1n) is 8.92. The van der Waals surface area contributed by atoms with Crippen LogP contribution < -0.4 is 15.0 Å². The Kier molecular flexibility index (Phi) is 6.68. The van der Waals surface area contributed by atoms with E-state index in [1.165, 1.54) is 6.07 Å². The summed E-state index contributed by atoms with van der Waals surface area (Å²) in [4.78, 5) is 16.7. The number of hydrogen-bond acceptors (Lipinski definition) is 4. The Morgan fingerprint density at radius 1 is 1.19 bits per heavy atom. The lowest BCUT2D eigenvalue weighted by molar-refractivity contribution is 0.0946. The number of methoxy groups -OCH3 is 1. The molecule has 1 N–H and O–H groups in total. The fourth-order valence-corrected chi connectivity index (χ4v) is 3.58. The van der Waals surface area contributed by atoms with Crippen molar-refractivity contribution >= 4 is 27.5 Å². The van der Waals surface area contributed by atoms with Crippen molar-refractivity contribution in [3.63, 3.8) is 0 Å². The van der Waals surface area contributed by atoms with Crippen molar-refractivity contribution in [3.05, 3.63) is 58.3 Å². The van der Waals surface area contributed by atoms with Gasteiger partial charge in [0.15, 0.2) is 0 Å². The third kappa shape index (κ3) is 4.99. The fraction of sp³-hybridized carbons (Fsp3) is 0.350. The number of nitrogens with one attached hydrogen (secondary N) is 1. The number of amides is 1. The normalized spacial score (nSPS) is 14.9. The number of carbonyl (C=O) groups is 1. The molecule has 2 aromatic carbocycles. The Morgan fingerprint density at radius 2 is 1.93 bits per heavy atom. The molecule has 1 amide bonds. The molecule has 1 aliphatic rings. The molecule has 0 radical (unpaired) electrons. The van der Waals surface area contributed by atoms with Crippen LogP contribution in [0.25, 0.3) is 0 Å². The van der Waals surface area contributed by atoms with Crippen molar-refractivity contribution in [2.75, 3.05) is 51.3 Å². The molecular formula is C20H23BrFN3O2. The third-order valence-corrected chi connectivity index (χ3v) is 5.39. The molecule has 3 rings (SSSR count). The molecule has 0 bridgehead atoms. The van der Waals surface area contributed by atoms with Crippen LogP contribution in [0.2, 0.25) is 0 Å². The van der Waals surface area contributed by atoms with E-state index in [0.29, 0.717) is 23.5 Å². The summed E-state index contributed by atoms with van der Waals surface area (Å²) >= 11 is 3.40. The van der Waals surface area contributed by atoms with Gasteiger partial charge in [0.05, 0.1) is 18.4 Å². The molecule has 7 heteroatoms. The summed E-state index contributed by atoms with van der Waals surface area (Å²) in [6, 6.07) is 12.2. The predicted octanol–water partition coefficient (Wildman–Crippen LogP) is 3.15. The van der Waals surface area contributed by atoms with Crippen LogP contribution in [0, 0.1) is 5.82 Å². The van der Waals surface area contributed by atoms with Crippen LogP contribution in [-0.4, -0.2) is 57.2 Å². The number of nitrogens with zero attached hydrogens (tertiary/aromatic N) is 2. The highest BCUT2D eigenvalue weighted by molar-refractivity contribution is 9.10. The second-order valence-electron chi connectivity index (χ2n) is 6.38. The number of rotatable bonds is 6. The van der Waals surface area contributed by atoms with Gasteiger partial charge in [-0.15, -0.1) is 0 Å². The lowest BCUT2D eigenvalue weighted by Crippen LogP contribution is -2.48. The number of ether oxygens (including phenoxy) is 1. The zero-order chi connectivity index (χ0) is 19.2. The van der Waals surface area contributed by atoms with Gasteiger partial charge in [0.2, 0.25) is 0 Å². The molecule has 0 saturated carbocycles. The van der Waals surface area contributed by atoms with E-state index in [0.717, 1.165) is 37.2 Å². The Hall–Kier alpha value is -2.12. The SMILES string of the molecule is COc1ccc(Br)c(C(=O)NCCN2CCN(c3ccccc3F)CC2)c1. The number of hydrogen-bond donors (Lipinski definition) is 1. The molecule has 1 saturated heterocycles. The minimum absolute atomic E-state index is 0.134. The van der Waals surface area contributed by atoms with Crippen molar-refractivity contribution in [1.82, 2.24) is 10.2 Å². The largest absolute Gasteiger partial charge is 0.497 e. The molecule has 0 spiro atoms. The highest BCUT2D eigenvalue weighted by atomic mass is 79.9. The van der Waals surface area contributed by atoms with Gasteiger partial charge in [-0.1, -0.05) is 12.1 Å². The number of anilines is 1. The first-order valence-corrected chi connectivity index (χ1v) is 9.71. The lowest BCUT2D eigenvalue weighted by Gasteiger charge is -2.36. The summed E-state index contributed by atoms with van der Waals surface area (Å²) < 4.78 is 19.8. The van der Waals surface area contributed by atoms with Gasteiger partial charge in [0.1, 0.15) is 11.6 Å². The molecule has 0 aromatic heterocycles. The van der Waals surface area contributed by atoms with E-state index in [1.807, 2.05) is 12.1 Å². The Morgan fingerprint density at radius 3 is 2.63 bits per heavy atom. The highest BCUT2D eigenvalue weighted by Gasteiger charge is 2.19. The molecule has 1 fully saturated rings. The molecule has 5 nitrogen and oxygen atoms in total. The molecule has 144 valence electrons. The van der Waals surface area contributed by atoms with Gasteiger partial charge in [0.25, 0.3) is 5.91 Å². The topological polar surface area (TPSA) is 44.8 Å². The van der Waals surface area contributed by atoms with Gasteiger partial charge in [-0.25, -0.2) is 4.39 Å². The molecular weight excluding hydrogens is 413 g/mol. The first kappa shape index (κ1) is 19.6. The number of carbonyl (C=O) groups excluding carboxylic acids is 1. The van der Waals surface area contributed by atoms with Crippen LogP contribution in [0.1, 0.15) is 10.4 Å². The standard InChI is InChI=1S/C20H23BrFN3O2/c1-27-15-6-7-17(21)16(14-15)20(26)23-8-9-24-10-12-25(13-11-24)19-5-3-2-4-18(19)22/h2-7,14H,8-13H2,1H3,(H,23,26). The van der Waals surface area contributed by atoms with Gasteiger partial charge in [0, 0.05) is 43.7 Å². The highest BCUT2D eigenvalue weighted by Crippen LogP contribution is 2.22. The molecule has 0 atom stereocenters. The quantitative estimate of drug-likeness (QED) is 0.756. The van der Waals surface area contributed by atoms with E-state index in [9.17, 15) is 9.18 Å². The maximum atomic E-state index is 13.9. The van der Waals surface area contributed by atoms with Crippen LogP contribution in [0.15, 0.2) is 46.9 Å². The fourth-order valence-electron chi connectivity index (χ4n) is 3.15. The monoisotopic (exact) mass is 435 g/mol. The average molecular weight is 436 g/mol. The van der Waals surface area contributed by atoms with Crippen molar-refractivity contribution in [2.45, 2.75) is 0 Å². The lowest BCUT2D eigenvalue weighted by atomic mass is 10.2. The summed E-state index contributed by atoms with van der Waals surface area (Å²) in [5.41, 5.74) is 1.21. The van der Waals surface area contributed by atoms with Gasteiger partial charge >= 0.3 is 0 Å². The molecule has 2 aromatic rings. The minimum atomic E-state index is -0.179. The first-order chi connectivity index (χ1) is 13.1. The molecule has 27 heavy (non-hydrogen) atoms. The van der Waals surface area contributed by atoms with E-state index in [-0.39, 0.29) is 11.7 Å². The third-order valence-electron chi connectivity index (χ3n) is 4.70. The van der Waals surface area contributed by atoms with Gasteiger partial charge < -0.3 is 15.0 Å². The maximum Gasteiger partial charge on any atom is 0.252 e. The Bertz CT molecular complexity index is 795.